The van der Waals surface area contributed by atoms with E-state index < -0.39 is 0 Å². The topological polar surface area (TPSA) is 45.2 Å². The van der Waals surface area contributed by atoms with E-state index in [0.717, 1.165) is 29.6 Å². The summed E-state index contributed by atoms with van der Waals surface area (Å²) in [5.41, 5.74) is 1.87. The number of benzene rings is 1. The highest BCUT2D eigenvalue weighted by molar-refractivity contribution is 6.31. The molecule has 1 aromatic heterocycles. The van der Waals surface area contributed by atoms with Crippen molar-refractivity contribution in [1.82, 2.24) is 10.3 Å². The molecule has 0 radical (unpaired) electrons. The summed E-state index contributed by atoms with van der Waals surface area (Å²) >= 11 is 6.08. The third-order valence-corrected chi connectivity index (χ3v) is 3.36. The minimum atomic E-state index is -0.00885. The van der Waals surface area contributed by atoms with Crippen LogP contribution in [0.5, 0.6) is 0 Å². The first-order chi connectivity index (χ1) is 9.65. The van der Waals surface area contributed by atoms with E-state index in [9.17, 15) is 4.79 Å². The number of nitrogens with zero attached hydrogens (tertiary/aromatic N) is 2. The first kappa shape index (κ1) is 14.6. The molecule has 2 aromatic rings. The van der Waals surface area contributed by atoms with Gasteiger partial charge in [0.05, 0.1) is 12.1 Å². The summed E-state index contributed by atoms with van der Waals surface area (Å²) in [6.45, 7) is 3.22. The van der Waals surface area contributed by atoms with Gasteiger partial charge in [0.15, 0.2) is 0 Å². The molecule has 1 amide bonds. The van der Waals surface area contributed by atoms with Crippen LogP contribution in [0.2, 0.25) is 5.02 Å². The van der Waals surface area contributed by atoms with E-state index in [4.69, 9.17) is 11.6 Å². The van der Waals surface area contributed by atoms with Crippen molar-refractivity contribution >= 4 is 34.1 Å². The van der Waals surface area contributed by atoms with Crippen LogP contribution in [0, 0.1) is 0 Å². The van der Waals surface area contributed by atoms with Gasteiger partial charge >= 0.3 is 0 Å². The van der Waals surface area contributed by atoms with Gasteiger partial charge < -0.3 is 10.2 Å². The Labute approximate surface area is 123 Å². The lowest BCUT2D eigenvalue weighted by Crippen LogP contribution is -2.36. The van der Waals surface area contributed by atoms with E-state index >= 15 is 0 Å². The maximum absolute atomic E-state index is 11.7. The quantitative estimate of drug-likeness (QED) is 0.921. The number of amides is 1. The summed E-state index contributed by atoms with van der Waals surface area (Å²) in [7, 11) is 1.65. The maximum atomic E-state index is 11.7. The van der Waals surface area contributed by atoms with Gasteiger partial charge in [-0.1, -0.05) is 18.5 Å². The molecule has 106 valence electrons. The van der Waals surface area contributed by atoms with Crippen molar-refractivity contribution in [3.05, 3.63) is 35.5 Å². The van der Waals surface area contributed by atoms with E-state index in [1.807, 2.05) is 24.3 Å². The summed E-state index contributed by atoms with van der Waals surface area (Å²) in [6, 6.07) is 7.54. The van der Waals surface area contributed by atoms with Gasteiger partial charge in [-0.05, 0) is 30.7 Å². The summed E-state index contributed by atoms with van der Waals surface area (Å²) < 4.78 is 0. The number of rotatable bonds is 5. The SMILES string of the molecule is CCCN(CC(=O)NC)c1ccnc2ccc(Cl)cc12. The Kier molecular flexibility index (Phi) is 4.79. The normalized spacial score (nSPS) is 10.6. The van der Waals surface area contributed by atoms with Crippen LogP contribution in [-0.4, -0.2) is 31.0 Å². The number of hydrogen-bond donors (Lipinski definition) is 1. The second-order valence-electron chi connectivity index (χ2n) is 4.59. The van der Waals surface area contributed by atoms with Crippen LogP contribution in [0.15, 0.2) is 30.5 Å². The van der Waals surface area contributed by atoms with Gasteiger partial charge in [0.1, 0.15) is 0 Å². The fourth-order valence-corrected chi connectivity index (χ4v) is 2.36. The third kappa shape index (κ3) is 3.20. The zero-order valence-corrected chi connectivity index (χ0v) is 12.4. The van der Waals surface area contributed by atoms with Gasteiger partial charge in [-0.15, -0.1) is 0 Å². The molecule has 0 aliphatic rings. The van der Waals surface area contributed by atoms with Crippen molar-refractivity contribution in [2.75, 3.05) is 25.0 Å². The molecule has 0 saturated carbocycles. The zero-order valence-electron chi connectivity index (χ0n) is 11.7. The van der Waals surface area contributed by atoms with Crippen molar-refractivity contribution in [3.8, 4) is 0 Å². The highest BCUT2D eigenvalue weighted by Gasteiger charge is 2.13. The second kappa shape index (κ2) is 6.57. The summed E-state index contributed by atoms with van der Waals surface area (Å²) in [4.78, 5) is 18.1. The number of carbonyl (C=O) groups excluding carboxylic acids is 1. The standard InChI is InChI=1S/C15H18ClN3O/c1-3-8-19(10-15(20)17-2)14-6-7-18-13-5-4-11(16)9-12(13)14/h4-7,9H,3,8,10H2,1-2H3,(H,17,20). The van der Waals surface area contributed by atoms with E-state index in [2.05, 4.69) is 22.1 Å². The second-order valence-corrected chi connectivity index (χ2v) is 5.02. The number of fused-ring (bicyclic) bond motifs is 1. The largest absolute Gasteiger partial charge is 0.362 e. The first-order valence-corrected chi connectivity index (χ1v) is 7.03. The average molecular weight is 292 g/mol. The monoisotopic (exact) mass is 291 g/mol. The smallest absolute Gasteiger partial charge is 0.239 e. The molecule has 0 bridgehead atoms. The van der Waals surface area contributed by atoms with Crippen molar-refractivity contribution in [1.29, 1.82) is 0 Å². The van der Waals surface area contributed by atoms with Crippen molar-refractivity contribution < 1.29 is 4.79 Å². The molecule has 0 fully saturated rings. The molecule has 20 heavy (non-hydrogen) atoms. The maximum Gasteiger partial charge on any atom is 0.239 e. The Morgan fingerprint density at radius 1 is 1.40 bits per heavy atom. The molecule has 0 saturated heterocycles. The molecule has 4 nitrogen and oxygen atoms in total. The van der Waals surface area contributed by atoms with Crippen LogP contribution in [0.25, 0.3) is 10.9 Å². The molecule has 0 unspecified atom stereocenters. The van der Waals surface area contributed by atoms with Gasteiger partial charge in [0.25, 0.3) is 0 Å². The van der Waals surface area contributed by atoms with Gasteiger partial charge in [0.2, 0.25) is 5.91 Å². The molecule has 1 N–H and O–H groups in total. The van der Waals surface area contributed by atoms with Crippen LogP contribution < -0.4 is 10.2 Å². The van der Waals surface area contributed by atoms with Crippen LogP contribution in [0.1, 0.15) is 13.3 Å². The molecule has 0 atom stereocenters. The molecule has 0 aliphatic carbocycles. The fraction of sp³-hybridized carbons (Fsp3) is 0.333. The first-order valence-electron chi connectivity index (χ1n) is 6.65. The summed E-state index contributed by atoms with van der Waals surface area (Å²) in [5.74, 6) is -0.00885. The Balaban J connectivity index is 2.46. The van der Waals surface area contributed by atoms with Crippen LogP contribution in [-0.2, 0) is 4.79 Å². The number of halogens is 1. The van der Waals surface area contributed by atoms with E-state index in [1.165, 1.54) is 0 Å². The highest BCUT2D eigenvalue weighted by atomic mass is 35.5. The van der Waals surface area contributed by atoms with E-state index in [0.29, 0.717) is 11.6 Å². The predicted octanol–water partition coefficient (Wildman–Crippen LogP) is 2.85. The van der Waals surface area contributed by atoms with Crippen LogP contribution in [0.3, 0.4) is 0 Å². The zero-order chi connectivity index (χ0) is 14.5. The minimum Gasteiger partial charge on any atom is -0.362 e. The van der Waals surface area contributed by atoms with Crippen molar-refractivity contribution in [2.24, 2.45) is 0 Å². The summed E-state index contributed by atoms with van der Waals surface area (Å²) in [6.07, 6.45) is 2.72. The molecule has 2 rings (SSSR count). The Bertz CT molecular complexity index is 615. The van der Waals surface area contributed by atoms with Gasteiger partial charge in [0, 0.05) is 35.9 Å². The lowest BCUT2D eigenvalue weighted by Gasteiger charge is -2.24. The van der Waals surface area contributed by atoms with E-state index in [-0.39, 0.29) is 5.91 Å². The molecule has 0 spiro atoms. The Morgan fingerprint density at radius 3 is 2.90 bits per heavy atom. The van der Waals surface area contributed by atoms with Gasteiger partial charge in [-0.2, -0.15) is 0 Å². The van der Waals surface area contributed by atoms with Gasteiger partial charge in [-0.3, -0.25) is 9.78 Å². The third-order valence-electron chi connectivity index (χ3n) is 3.13. The van der Waals surface area contributed by atoms with Crippen molar-refractivity contribution in [2.45, 2.75) is 13.3 Å². The number of hydrogen-bond acceptors (Lipinski definition) is 3. The van der Waals surface area contributed by atoms with Crippen LogP contribution in [0.4, 0.5) is 5.69 Å². The molecule has 1 heterocycles. The minimum absolute atomic E-state index is 0.00885. The molecule has 5 heteroatoms. The van der Waals surface area contributed by atoms with Crippen LogP contribution >= 0.6 is 11.6 Å². The molecule has 1 aromatic carbocycles. The average Bonchev–Trinajstić information content (AvgIpc) is 2.46. The number of anilines is 1. The lowest BCUT2D eigenvalue weighted by atomic mass is 10.1. The summed E-state index contributed by atoms with van der Waals surface area (Å²) in [5, 5.41) is 4.30. The lowest BCUT2D eigenvalue weighted by molar-refractivity contribution is -0.119. The number of likely N-dealkylation sites (N-methyl/N-ethyl adjacent to an activating group) is 1. The molecule has 0 aliphatic heterocycles. The predicted molar refractivity (Wildman–Crippen MR) is 83.3 cm³/mol. The number of nitrogens with one attached hydrogen (secondary N) is 1. The van der Waals surface area contributed by atoms with Crippen molar-refractivity contribution in [3.63, 3.8) is 0 Å². The molecular weight excluding hydrogens is 274 g/mol. The fourth-order valence-electron chi connectivity index (χ4n) is 2.19. The number of aromatic nitrogens is 1. The Morgan fingerprint density at radius 2 is 2.20 bits per heavy atom. The number of pyridine rings is 1. The van der Waals surface area contributed by atoms with E-state index in [1.54, 1.807) is 13.2 Å². The molecular formula is C15H18ClN3O. The highest BCUT2D eigenvalue weighted by Crippen LogP contribution is 2.27. The number of carbonyl (C=O) groups is 1. The Hall–Kier alpha value is -1.81. The van der Waals surface area contributed by atoms with Gasteiger partial charge in [-0.25, -0.2) is 0 Å².